The molecule has 0 radical (unpaired) electrons. The summed E-state index contributed by atoms with van der Waals surface area (Å²) in [6.45, 7) is 2.97. The fraction of sp³-hybridized carbons (Fsp3) is 0.423. The number of carbonyl (C=O) groups is 3. The number of para-hydroxylation sites is 1. The lowest BCUT2D eigenvalue weighted by Crippen LogP contribution is -2.39. The van der Waals surface area contributed by atoms with Crippen LogP contribution in [0.4, 0.5) is 21.0 Å². The van der Waals surface area contributed by atoms with Crippen LogP contribution in [0.1, 0.15) is 48.8 Å². The van der Waals surface area contributed by atoms with Crippen LogP contribution in [-0.2, 0) is 22.5 Å². The van der Waals surface area contributed by atoms with E-state index in [1.165, 1.54) is 0 Å². The van der Waals surface area contributed by atoms with E-state index < -0.39 is 5.97 Å². The summed E-state index contributed by atoms with van der Waals surface area (Å²) in [6, 6.07) is 13.0. The maximum atomic E-state index is 12.7. The van der Waals surface area contributed by atoms with Crippen molar-refractivity contribution in [3.63, 3.8) is 0 Å². The Morgan fingerprint density at radius 2 is 1.79 bits per heavy atom. The van der Waals surface area contributed by atoms with Gasteiger partial charge in [-0.05, 0) is 79.8 Å². The highest BCUT2D eigenvalue weighted by atomic mass is 16.6. The van der Waals surface area contributed by atoms with Gasteiger partial charge in [-0.1, -0.05) is 24.3 Å². The Labute approximate surface area is 199 Å². The van der Waals surface area contributed by atoms with E-state index in [0.717, 1.165) is 35.2 Å². The van der Waals surface area contributed by atoms with Crippen molar-refractivity contribution in [1.82, 2.24) is 4.90 Å². The number of ether oxygens (including phenoxy) is 1. The minimum absolute atomic E-state index is 0.141. The number of hydrogen-bond acceptors (Lipinski definition) is 4. The average molecular weight is 466 g/mol. The van der Waals surface area contributed by atoms with Gasteiger partial charge < -0.3 is 25.4 Å². The number of rotatable bonds is 5. The van der Waals surface area contributed by atoms with Crippen molar-refractivity contribution >= 4 is 29.5 Å². The SMILES string of the molecule is Cc1ccccc1NC(=O)Nc1ccc2c(c1)CCN(C(=O)OC1CCC(CC(=O)O)CC1)C2. The Morgan fingerprint density at radius 3 is 2.53 bits per heavy atom. The number of urea groups is 1. The van der Waals surface area contributed by atoms with Crippen LogP contribution in [0, 0.1) is 12.8 Å². The summed E-state index contributed by atoms with van der Waals surface area (Å²) in [5.74, 6) is -0.589. The highest BCUT2D eigenvalue weighted by Gasteiger charge is 2.28. The van der Waals surface area contributed by atoms with E-state index in [1.54, 1.807) is 4.90 Å². The standard InChI is InChI=1S/C26H31N3O5/c1-17-4-2-3-5-23(17)28-25(32)27-21-9-8-20-16-29(13-12-19(20)15-21)26(33)34-22-10-6-18(7-11-22)14-24(30)31/h2-5,8-9,15,18,22H,6-7,10-14,16H2,1H3,(H,30,31)(H2,27,28,32). The van der Waals surface area contributed by atoms with Gasteiger partial charge in [0, 0.05) is 30.9 Å². The smallest absolute Gasteiger partial charge is 0.410 e. The summed E-state index contributed by atoms with van der Waals surface area (Å²) in [5.41, 5.74) is 4.61. The van der Waals surface area contributed by atoms with Gasteiger partial charge in [0.2, 0.25) is 0 Å². The van der Waals surface area contributed by atoms with Gasteiger partial charge in [-0.25, -0.2) is 9.59 Å². The predicted octanol–water partition coefficient (Wildman–Crippen LogP) is 5.17. The molecule has 2 aromatic rings. The number of aryl methyl sites for hydroxylation is 1. The third kappa shape index (κ3) is 6.07. The van der Waals surface area contributed by atoms with E-state index in [2.05, 4.69) is 10.6 Å². The van der Waals surface area contributed by atoms with Crippen molar-refractivity contribution in [2.24, 2.45) is 5.92 Å². The number of carbonyl (C=O) groups excluding carboxylic acids is 2. The fourth-order valence-corrected chi connectivity index (χ4v) is 4.70. The van der Waals surface area contributed by atoms with Crippen LogP contribution in [0.15, 0.2) is 42.5 Å². The number of amides is 3. The Kier molecular flexibility index (Phi) is 7.35. The van der Waals surface area contributed by atoms with Gasteiger partial charge >= 0.3 is 18.1 Å². The van der Waals surface area contributed by atoms with Gasteiger partial charge in [0.25, 0.3) is 0 Å². The summed E-state index contributed by atoms with van der Waals surface area (Å²) in [7, 11) is 0. The van der Waals surface area contributed by atoms with Gasteiger partial charge in [0.05, 0.1) is 0 Å². The first kappa shape index (κ1) is 23.6. The number of anilines is 2. The van der Waals surface area contributed by atoms with Crippen LogP contribution in [0.3, 0.4) is 0 Å². The van der Waals surface area contributed by atoms with Crippen LogP contribution >= 0.6 is 0 Å². The van der Waals surface area contributed by atoms with E-state index in [4.69, 9.17) is 9.84 Å². The third-order valence-electron chi connectivity index (χ3n) is 6.65. The molecule has 1 saturated carbocycles. The van der Waals surface area contributed by atoms with E-state index in [0.29, 0.717) is 38.0 Å². The van der Waals surface area contributed by atoms with Crippen molar-refractivity contribution in [1.29, 1.82) is 0 Å². The highest BCUT2D eigenvalue weighted by Crippen LogP contribution is 2.30. The van der Waals surface area contributed by atoms with Crippen LogP contribution in [-0.4, -0.2) is 40.7 Å². The fourth-order valence-electron chi connectivity index (χ4n) is 4.70. The van der Waals surface area contributed by atoms with E-state index >= 15 is 0 Å². The zero-order valence-electron chi connectivity index (χ0n) is 19.4. The monoisotopic (exact) mass is 465 g/mol. The Hall–Kier alpha value is -3.55. The molecule has 8 heteroatoms. The van der Waals surface area contributed by atoms with E-state index in [1.807, 2.05) is 49.4 Å². The first-order chi connectivity index (χ1) is 16.4. The maximum absolute atomic E-state index is 12.7. The van der Waals surface area contributed by atoms with Crippen molar-refractivity contribution in [2.45, 2.75) is 58.1 Å². The molecule has 1 aliphatic carbocycles. The van der Waals surface area contributed by atoms with Crippen molar-refractivity contribution in [2.75, 3.05) is 17.2 Å². The molecule has 4 rings (SSSR count). The molecule has 0 spiro atoms. The number of benzene rings is 2. The second-order valence-corrected chi connectivity index (χ2v) is 9.17. The molecule has 34 heavy (non-hydrogen) atoms. The minimum atomic E-state index is -0.766. The number of aliphatic carboxylic acids is 1. The zero-order valence-corrected chi connectivity index (χ0v) is 19.4. The molecule has 0 atom stereocenters. The Bertz CT molecular complexity index is 1060. The lowest BCUT2D eigenvalue weighted by Gasteiger charge is -2.32. The zero-order chi connectivity index (χ0) is 24.1. The molecule has 3 amide bonds. The minimum Gasteiger partial charge on any atom is -0.481 e. The number of nitrogens with one attached hydrogen (secondary N) is 2. The second kappa shape index (κ2) is 10.6. The summed E-state index contributed by atoms with van der Waals surface area (Å²) < 4.78 is 5.72. The predicted molar refractivity (Wildman–Crippen MR) is 129 cm³/mol. The molecule has 2 aliphatic rings. The average Bonchev–Trinajstić information content (AvgIpc) is 2.81. The molecule has 0 unspecified atom stereocenters. The van der Waals surface area contributed by atoms with Gasteiger partial charge in [0.1, 0.15) is 6.10 Å². The molecule has 180 valence electrons. The molecule has 0 bridgehead atoms. The first-order valence-electron chi connectivity index (χ1n) is 11.8. The number of fused-ring (bicyclic) bond motifs is 1. The maximum Gasteiger partial charge on any atom is 0.410 e. The Morgan fingerprint density at radius 1 is 1.03 bits per heavy atom. The van der Waals surface area contributed by atoms with Gasteiger partial charge in [0.15, 0.2) is 0 Å². The van der Waals surface area contributed by atoms with Crippen LogP contribution < -0.4 is 10.6 Å². The van der Waals surface area contributed by atoms with Gasteiger partial charge in [-0.3, -0.25) is 4.79 Å². The summed E-state index contributed by atoms with van der Waals surface area (Å²) in [4.78, 5) is 37.7. The number of carboxylic acid groups (broad SMARTS) is 1. The normalized spacial score (nSPS) is 19.6. The van der Waals surface area contributed by atoms with Crippen LogP contribution in [0.2, 0.25) is 0 Å². The molecule has 1 heterocycles. The largest absolute Gasteiger partial charge is 0.481 e. The molecule has 2 aromatic carbocycles. The second-order valence-electron chi connectivity index (χ2n) is 9.17. The topological polar surface area (TPSA) is 108 Å². The summed E-state index contributed by atoms with van der Waals surface area (Å²) in [5, 5.41) is 14.7. The highest BCUT2D eigenvalue weighted by molar-refractivity contribution is 6.00. The number of carboxylic acids is 1. The third-order valence-corrected chi connectivity index (χ3v) is 6.65. The molecular formula is C26H31N3O5. The lowest BCUT2D eigenvalue weighted by molar-refractivity contribution is -0.138. The summed E-state index contributed by atoms with van der Waals surface area (Å²) >= 11 is 0. The Balaban J connectivity index is 1.28. The molecule has 3 N–H and O–H groups in total. The quantitative estimate of drug-likeness (QED) is 0.565. The molecule has 0 saturated heterocycles. The summed E-state index contributed by atoms with van der Waals surface area (Å²) in [6.07, 6.45) is 3.41. The number of hydrogen-bond donors (Lipinski definition) is 3. The first-order valence-corrected chi connectivity index (χ1v) is 11.8. The van der Waals surface area contributed by atoms with Crippen molar-refractivity contribution < 1.29 is 24.2 Å². The van der Waals surface area contributed by atoms with Gasteiger partial charge in [-0.2, -0.15) is 0 Å². The van der Waals surface area contributed by atoms with E-state index in [-0.39, 0.29) is 30.6 Å². The van der Waals surface area contributed by atoms with Crippen molar-refractivity contribution in [3.8, 4) is 0 Å². The molecular weight excluding hydrogens is 434 g/mol. The molecule has 0 aromatic heterocycles. The van der Waals surface area contributed by atoms with Crippen LogP contribution in [0.5, 0.6) is 0 Å². The van der Waals surface area contributed by atoms with Crippen LogP contribution in [0.25, 0.3) is 0 Å². The molecule has 1 fully saturated rings. The van der Waals surface area contributed by atoms with E-state index in [9.17, 15) is 14.4 Å². The number of nitrogens with zero attached hydrogens (tertiary/aromatic N) is 1. The van der Waals surface area contributed by atoms with Gasteiger partial charge in [-0.15, -0.1) is 0 Å². The van der Waals surface area contributed by atoms with Crippen molar-refractivity contribution in [3.05, 3.63) is 59.2 Å². The molecule has 8 nitrogen and oxygen atoms in total. The molecule has 1 aliphatic heterocycles. The lowest BCUT2D eigenvalue weighted by atomic mass is 9.85.